The van der Waals surface area contributed by atoms with Gasteiger partial charge < -0.3 is 5.11 Å². The van der Waals surface area contributed by atoms with Gasteiger partial charge in [0.05, 0.1) is 5.60 Å². The van der Waals surface area contributed by atoms with E-state index in [4.69, 9.17) is 0 Å². The Hall–Kier alpha value is -0.0400. The molecule has 1 nitrogen and oxygen atoms in total. The van der Waals surface area contributed by atoms with Crippen molar-refractivity contribution < 1.29 is 5.11 Å². The second-order valence-corrected chi connectivity index (χ2v) is 5.03. The molecule has 0 aromatic rings. The smallest absolute Gasteiger partial charge is 0.0625 e. The molecule has 1 saturated carbocycles. The fraction of sp³-hybridized carbons (Fsp3) is 1.00. The SMILES string of the molecule is CCC(CC)CC(C)(O)CC1CC1. The quantitative estimate of drug-likeness (QED) is 0.671. The summed E-state index contributed by atoms with van der Waals surface area (Å²) >= 11 is 0. The molecule has 13 heavy (non-hydrogen) atoms. The van der Waals surface area contributed by atoms with Crippen molar-refractivity contribution in [3.8, 4) is 0 Å². The van der Waals surface area contributed by atoms with Gasteiger partial charge in [0.2, 0.25) is 0 Å². The molecular formula is C12H24O. The summed E-state index contributed by atoms with van der Waals surface area (Å²) in [6, 6.07) is 0. The first-order chi connectivity index (χ1) is 6.07. The maximum absolute atomic E-state index is 10.2. The van der Waals surface area contributed by atoms with Crippen molar-refractivity contribution in [3.05, 3.63) is 0 Å². The largest absolute Gasteiger partial charge is 0.390 e. The van der Waals surface area contributed by atoms with Crippen LogP contribution >= 0.6 is 0 Å². The van der Waals surface area contributed by atoms with Gasteiger partial charge in [0.25, 0.3) is 0 Å². The van der Waals surface area contributed by atoms with Gasteiger partial charge in [-0.05, 0) is 31.6 Å². The van der Waals surface area contributed by atoms with E-state index in [2.05, 4.69) is 13.8 Å². The van der Waals surface area contributed by atoms with Gasteiger partial charge in [-0.3, -0.25) is 0 Å². The van der Waals surface area contributed by atoms with Gasteiger partial charge in [-0.1, -0.05) is 39.5 Å². The van der Waals surface area contributed by atoms with E-state index in [-0.39, 0.29) is 0 Å². The van der Waals surface area contributed by atoms with Gasteiger partial charge in [0.15, 0.2) is 0 Å². The third-order valence-electron chi connectivity index (χ3n) is 3.31. The summed E-state index contributed by atoms with van der Waals surface area (Å²) < 4.78 is 0. The molecule has 1 fully saturated rings. The molecule has 1 atom stereocenters. The van der Waals surface area contributed by atoms with E-state index in [9.17, 15) is 5.11 Å². The minimum absolute atomic E-state index is 0.391. The molecule has 1 unspecified atom stereocenters. The summed E-state index contributed by atoms with van der Waals surface area (Å²) in [5.74, 6) is 1.55. The highest BCUT2D eigenvalue weighted by molar-refractivity contribution is 4.85. The third-order valence-corrected chi connectivity index (χ3v) is 3.31. The van der Waals surface area contributed by atoms with E-state index in [0.29, 0.717) is 5.92 Å². The van der Waals surface area contributed by atoms with Gasteiger partial charge in [-0.15, -0.1) is 0 Å². The van der Waals surface area contributed by atoms with Crippen molar-refractivity contribution >= 4 is 0 Å². The molecule has 0 bridgehead atoms. The maximum atomic E-state index is 10.2. The van der Waals surface area contributed by atoms with Crippen LogP contribution in [0.3, 0.4) is 0 Å². The zero-order valence-electron chi connectivity index (χ0n) is 9.34. The van der Waals surface area contributed by atoms with E-state index < -0.39 is 5.60 Å². The van der Waals surface area contributed by atoms with Crippen molar-refractivity contribution in [2.45, 2.75) is 64.9 Å². The molecule has 0 aromatic heterocycles. The summed E-state index contributed by atoms with van der Waals surface area (Å²) in [6.07, 6.45) is 7.13. The molecule has 0 aliphatic heterocycles. The van der Waals surface area contributed by atoms with Crippen LogP contribution in [0, 0.1) is 11.8 Å². The van der Waals surface area contributed by atoms with Crippen molar-refractivity contribution in [1.82, 2.24) is 0 Å². The van der Waals surface area contributed by atoms with Crippen molar-refractivity contribution in [3.63, 3.8) is 0 Å². The lowest BCUT2D eigenvalue weighted by atomic mass is 9.85. The highest BCUT2D eigenvalue weighted by Crippen LogP contribution is 2.39. The van der Waals surface area contributed by atoms with Crippen LogP contribution in [0.4, 0.5) is 0 Å². The third kappa shape index (κ3) is 4.12. The lowest BCUT2D eigenvalue weighted by Gasteiger charge is -2.27. The van der Waals surface area contributed by atoms with Gasteiger partial charge >= 0.3 is 0 Å². The molecule has 78 valence electrons. The first-order valence-electron chi connectivity index (χ1n) is 5.79. The molecule has 0 spiro atoms. The fourth-order valence-corrected chi connectivity index (χ4v) is 2.23. The summed E-state index contributed by atoms with van der Waals surface area (Å²) in [7, 11) is 0. The van der Waals surface area contributed by atoms with Gasteiger partial charge in [0, 0.05) is 0 Å². The Morgan fingerprint density at radius 1 is 1.31 bits per heavy atom. The molecule has 1 aliphatic rings. The second-order valence-electron chi connectivity index (χ2n) is 5.03. The van der Waals surface area contributed by atoms with E-state index in [1.165, 1.54) is 25.7 Å². The topological polar surface area (TPSA) is 20.2 Å². The number of hydrogen-bond donors (Lipinski definition) is 1. The molecule has 1 aliphatic carbocycles. The van der Waals surface area contributed by atoms with E-state index >= 15 is 0 Å². The molecule has 0 aromatic carbocycles. The average Bonchev–Trinajstić information content (AvgIpc) is 2.83. The zero-order valence-corrected chi connectivity index (χ0v) is 9.34. The summed E-state index contributed by atoms with van der Waals surface area (Å²) in [4.78, 5) is 0. The summed E-state index contributed by atoms with van der Waals surface area (Å²) in [6.45, 7) is 6.46. The van der Waals surface area contributed by atoms with Crippen molar-refractivity contribution in [2.24, 2.45) is 11.8 Å². The second kappa shape index (κ2) is 4.45. The molecular weight excluding hydrogens is 160 g/mol. The van der Waals surface area contributed by atoms with Crippen LogP contribution in [0.15, 0.2) is 0 Å². The van der Waals surface area contributed by atoms with Crippen LogP contribution in [0.25, 0.3) is 0 Å². The number of rotatable bonds is 6. The predicted octanol–water partition coefficient (Wildman–Crippen LogP) is 3.36. The van der Waals surface area contributed by atoms with Crippen LogP contribution in [-0.4, -0.2) is 10.7 Å². The molecule has 0 amide bonds. The van der Waals surface area contributed by atoms with Crippen molar-refractivity contribution in [2.75, 3.05) is 0 Å². The van der Waals surface area contributed by atoms with Crippen LogP contribution in [0.2, 0.25) is 0 Å². The molecule has 1 heteroatoms. The molecule has 0 saturated heterocycles. The van der Waals surface area contributed by atoms with Gasteiger partial charge in [-0.2, -0.15) is 0 Å². The predicted molar refractivity (Wildman–Crippen MR) is 56.7 cm³/mol. The number of aliphatic hydroxyl groups is 1. The highest BCUT2D eigenvalue weighted by Gasteiger charge is 2.32. The molecule has 1 N–H and O–H groups in total. The average molecular weight is 184 g/mol. The first kappa shape index (κ1) is 11.0. The van der Waals surface area contributed by atoms with E-state index in [0.717, 1.165) is 18.8 Å². The van der Waals surface area contributed by atoms with E-state index in [1.807, 2.05) is 6.92 Å². The Morgan fingerprint density at radius 3 is 2.23 bits per heavy atom. The first-order valence-corrected chi connectivity index (χ1v) is 5.79. The van der Waals surface area contributed by atoms with Crippen molar-refractivity contribution in [1.29, 1.82) is 0 Å². The Labute approximate surface area is 82.5 Å². The molecule has 1 rings (SSSR count). The molecule has 0 radical (unpaired) electrons. The fourth-order valence-electron chi connectivity index (χ4n) is 2.23. The van der Waals surface area contributed by atoms with Crippen LogP contribution in [0.1, 0.15) is 59.3 Å². The van der Waals surface area contributed by atoms with Crippen LogP contribution in [0.5, 0.6) is 0 Å². The van der Waals surface area contributed by atoms with Crippen LogP contribution < -0.4 is 0 Å². The van der Waals surface area contributed by atoms with Crippen LogP contribution in [-0.2, 0) is 0 Å². The van der Waals surface area contributed by atoms with E-state index in [1.54, 1.807) is 0 Å². The lowest BCUT2D eigenvalue weighted by molar-refractivity contribution is 0.0189. The summed E-state index contributed by atoms with van der Waals surface area (Å²) in [5, 5.41) is 10.2. The Bertz CT molecular complexity index is 143. The Morgan fingerprint density at radius 2 is 1.85 bits per heavy atom. The van der Waals surface area contributed by atoms with Gasteiger partial charge in [0.1, 0.15) is 0 Å². The monoisotopic (exact) mass is 184 g/mol. The summed E-state index contributed by atoms with van der Waals surface area (Å²) in [5.41, 5.74) is -0.391. The lowest BCUT2D eigenvalue weighted by Crippen LogP contribution is -2.28. The zero-order chi connectivity index (χ0) is 9.90. The Balaban J connectivity index is 2.29. The maximum Gasteiger partial charge on any atom is 0.0625 e. The standard InChI is InChI=1S/C12H24O/c1-4-10(5-2)8-12(3,13)9-11-6-7-11/h10-11,13H,4-9H2,1-3H3. The van der Waals surface area contributed by atoms with Gasteiger partial charge in [-0.25, -0.2) is 0 Å². The molecule has 0 heterocycles. The Kier molecular flexibility index (Phi) is 3.78. The number of hydrogen-bond acceptors (Lipinski definition) is 1. The normalized spacial score (nSPS) is 21.9. The minimum Gasteiger partial charge on any atom is -0.390 e. The highest BCUT2D eigenvalue weighted by atomic mass is 16.3. The minimum atomic E-state index is -0.391.